The van der Waals surface area contributed by atoms with Crippen LogP contribution >= 0.6 is 0 Å². The van der Waals surface area contributed by atoms with Crippen molar-refractivity contribution in [2.75, 3.05) is 0 Å². The molecule has 0 radical (unpaired) electrons. The molecule has 2 heteroatoms. The fourth-order valence-electron chi connectivity index (χ4n) is 7.51. The normalized spacial score (nSPS) is 15.1. The highest BCUT2D eigenvalue weighted by molar-refractivity contribution is 6.28. The molecule has 0 spiro atoms. The Morgan fingerprint density at radius 2 is 1.58 bits per heavy atom. The number of pyridine rings is 2. The van der Waals surface area contributed by atoms with E-state index in [1.807, 2.05) is 0 Å². The van der Waals surface area contributed by atoms with Gasteiger partial charge in [-0.25, -0.2) is 4.57 Å². The Bertz CT molecular complexity index is 2020. The zero-order valence-electron chi connectivity index (χ0n) is 22.5. The molecule has 0 atom stereocenters. The van der Waals surface area contributed by atoms with Gasteiger partial charge in [-0.2, -0.15) is 0 Å². The Morgan fingerprint density at radius 3 is 2.39 bits per heavy atom. The Balaban J connectivity index is 1.65. The largest absolute Gasteiger partial charge is 0.307 e. The third-order valence-electron chi connectivity index (χ3n) is 9.47. The van der Waals surface area contributed by atoms with Crippen molar-refractivity contribution in [1.29, 1.82) is 0 Å². The van der Waals surface area contributed by atoms with Gasteiger partial charge in [-0.15, -0.1) is 0 Å². The van der Waals surface area contributed by atoms with E-state index in [0.717, 1.165) is 0 Å². The van der Waals surface area contributed by atoms with E-state index in [-0.39, 0.29) is 0 Å². The lowest BCUT2D eigenvalue weighted by Crippen LogP contribution is -2.29. The molecule has 0 N–H and O–H groups in total. The lowest BCUT2D eigenvalue weighted by molar-refractivity contribution is -0.643. The lowest BCUT2D eigenvalue weighted by Gasteiger charge is -2.23. The maximum absolute atomic E-state index is 2.61. The second-order valence-corrected chi connectivity index (χ2v) is 11.6. The highest BCUT2D eigenvalue weighted by Crippen LogP contribution is 2.45. The molecular weight excluding hydrogens is 460 g/mol. The number of hydrogen-bond acceptors (Lipinski definition) is 0. The minimum atomic E-state index is 0.667. The second kappa shape index (κ2) is 8.04. The summed E-state index contributed by atoms with van der Waals surface area (Å²) in [6.07, 6.45) is 8.99. The molecule has 186 valence electrons. The van der Waals surface area contributed by atoms with Gasteiger partial charge < -0.3 is 4.40 Å². The van der Waals surface area contributed by atoms with Crippen molar-refractivity contribution in [3.05, 3.63) is 95.7 Å². The monoisotopic (exact) mass is 493 g/mol. The van der Waals surface area contributed by atoms with Gasteiger partial charge in [-0.3, -0.25) is 0 Å². The fraction of sp³-hybridized carbons (Fsp3) is 0.250. The van der Waals surface area contributed by atoms with Gasteiger partial charge in [0.05, 0.1) is 27.3 Å². The summed E-state index contributed by atoms with van der Waals surface area (Å²) in [6.45, 7) is 4.59. The summed E-state index contributed by atoms with van der Waals surface area (Å²) >= 11 is 0. The minimum absolute atomic E-state index is 0.667. The van der Waals surface area contributed by atoms with E-state index in [1.54, 1.807) is 0 Å². The van der Waals surface area contributed by atoms with Crippen LogP contribution in [0, 0.1) is 13.8 Å². The van der Waals surface area contributed by atoms with Crippen molar-refractivity contribution in [3.63, 3.8) is 0 Å². The summed E-state index contributed by atoms with van der Waals surface area (Å²) in [6, 6.07) is 27.6. The van der Waals surface area contributed by atoms with Crippen LogP contribution in [0.3, 0.4) is 0 Å². The summed E-state index contributed by atoms with van der Waals surface area (Å²) in [5.41, 5.74) is 12.2. The maximum atomic E-state index is 2.61. The van der Waals surface area contributed by atoms with Crippen molar-refractivity contribution in [2.24, 2.45) is 7.05 Å². The molecule has 2 nitrogen and oxygen atoms in total. The van der Waals surface area contributed by atoms with Gasteiger partial charge in [0.15, 0.2) is 6.20 Å². The summed E-state index contributed by atoms with van der Waals surface area (Å²) in [4.78, 5) is 0. The first-order valence-corrected chi connectivity index (χ1v) is 14.2. The lowest BCUT2D eigenvalue weighted by atomic mass is 9.83. The first-order chi connectivity index (χ1) is 18.6. The van der Waals surface area contributed by atoms with Crippen LogP contribution in [-0.2, 0) is 7.05 Å². The highest BCUT2D eigenvalue weighted by atomic mass is 15.0. The van der Waals surface area contributed by atoms with Crippen molar-refractivity contribution in [2.45, 2.75) is 51.9 Å². The summed E-state index contributed by atoms with van der Waals surface area (Å²) < 4.78 is 4.97. The minimum Gasteiger partial charge on any atom is -0.307 e. The van der Waals surface area contributed by atoms with Crippen molar-refractivity contribution >= 4 is 49.0 Å². The quantitative estimate of drug-likeness (QED) is 0.129. The van der Waals surface area contributed by atoms with Crippen LogP contribution in [0.25, 0.3) is 60.1 Å². The van der Waals surface area contributed by atoms with E-state index in [0.29, 0.717) is 5.92 Å². The predicted octanol–water partition coefficient (Wildman–Crippen LogP) is 9.15. The van der Waals surface area contributed by atoms with Gasteiger partial charge in [-0.1, -0.05) is 67.8 Å². The average Bonchev–Trinajstić information content (AvgIpc) is 3.29. The second-order valence-electron chi connectivity index (χ2n) is 11.6. The van der Waals surface area contributed by atoms with E-state index < -0.39 is 0 Å². The van der Waals surface area contributed by atoms with Crippen LogP contribution in [0.2, 0.25) is 0 Å². The molecule has 0 amide bonds. The molecule has 0 saturated heterocycles. The zero-order valence-corrected chi connectivity index (χ0v) is 22.5. The Labute approximate surface area is 223 Å². The van der Waals surface area contributed by atoms with Gasteiger partial charge in [0.2, 0.25) is 5.52 Å². The first kappa shape index (κ1) is 22.1. The third-order valence-corrected chi connectivity index (χ3v) is 9.47. The van der Waals surface area contributed by atoms with Gasteiger partial charge >= 0.3 is 0 Å². The van der Waals surface area contributed by atoms with Crippen molar-refractivity contribution < 1.29 is 4.57 Å². The molecule has 38 heavy (non-hydrogen) atoms. The number of nitrogens with zero attached hydrogens (tertiary/aromatic N) is 2. The molecule has 1 fully saturated rings. The molecule has 7 aromatic rings. The molecule has 3 heterocycles. The SMILES string of the molecule is Cc1cc2c3c(-c4ccccc4)cccc3n3c4cc(C5CCCCC5)cc5cc[n+](C)c(c(c1C)c23)c54. The first-order valence-electron chi connectivity index (χ1n) is 14.2. The molecule has 1 aliphatic rings. The van der Waals surface area contributed by atoms with Gasteiger partial charge in [0.25, 0.3) is 0 Å². The van der Waals surface area contributed by atoms with Gasteiger partial charge in [-0.05, 0) is 84.0 Å². The number of aryl methyl sites for hydroxylation is 3. The molecule has 0 bridgehead atoms. The maximum Gasteiger partial charge on any atom is 0.224 e. The standard InChI is InChI=1S/C36H33N2/c1-22-19-29-34-28(25-13-8-5-9-14-25)15-10-16-30(34)38-31-21-27(24-11-6-4-7-12-24)20-26-17-18-37(3)36(33(26)31)32(23(22)2)35(29)38/h5,8-10,13-21,24H,4,6-7,11-12H2,1-3H3/q+1. The number of fused-ring (bicyclic) bond motifs is 5. The van der Waals surface area contributed by atoms with Crippen LogP contribution in [0.4, 0.5) is 0 Å². The topological polar surface area (TPSA) is 8.29 Å². The zero-order chi connectivity index (χ0) is 25.5. The smallest absolute Gasteiger partial charge is 0.224 e. The molecule has 1 saturated carbocycles. The van der Waals surface area contributed by atoms with Crippen LogP contribution < -0.4 is 4.57 Å². The fourth-order valence-corrected chi connectivity index (χ4v) is 7.51. The summed E-state index contributed by atoms with van der Waals surface area (Å²) in [7, 11) is 2.22. The Morgan fingerprint density at radius 1 is 0.763 bits per heavy atom. The third kappa shape index (κ3) is 2.92. The number of benzene rings is 4. The van der Waals surface area contributed by atoms with Crippen LogP contribution in [0.1, 0.15) is 54.7 Å². The van der Waals surface area contributed by atoms with E-state index in [1.165, 1.54) is 109 Å². The summed E-state index contributed by atoms with van der Waals surface area (Å²) in [5, 5.41) is 6.88. The molecule has 1 aliphatic carbocycles. The molecule has 0 aliphatic heterocycles. The van der Waals surface area contributed by atoms with Gasteiger partial charge in [0.1, 0.15) is 7.05 Å². The van der Waals surface area contributed by atoms with E-state index in [4.69, 9.17) is 0 Å². The molecule has 3 aromatic heterocycles. The van der Waals surface area contributed by atoms with E-state index in [2.05, 4.69) is 109 Å². The predicted molar refractivity (Wildman–Crippen MR) is 161 cm³/mol. The van der Waals surface area contributed by atoms with Crippen LogP contribution in [0.15, 0.2) is 79.0 Å². The Kier molecular flexibility index (Phi) is 4.68. The number of hydrogen-bond donors (Lipinski definition) is 0. The molecule has 4 aromatic carbocycles. The van der Waals surface area contributed by atoms with E-state index in [9.17, 15) is 0 Å². The van der Waals surface area contributed by atoms with Gasteiger partial charge in [0, 0.05) is 16.8 Å². The van der Waals surface area contributed by atoms with Crippen LogP contribution in [-0.4, -0.2) is 4.40 Å². The summed E-state index contributed by atoms with van der Waals surface area (Å²) in [5.74, 6) is 0.667. The van der Waals surface area contributed by atoms with Crippen molar-refractivity contribution in [3.8, 4) is 11.1 Å². The van der Waals surface area contributed by atoms with Crippen LogP contribution in [0.5, 0.6) is 0 Å². The molecular formula is C36H33N2+. The molecule has 8 rings (SSSR count). The average molecular weight is 494 g/mol. The molecule has 0 unspecified atom stereocenters. The van der Waals surface area contributed by atoms with E-state index >= 15 is 0 Å². The van der Waals surface area contributed by atoms with Crippen molar-refractivity contribution in [1.82, 2.24) is 4.40 Å². The number of aromatic nitrogens is 2. The number of rotatable bonds is 2. The highest BCUT2D eigenvalue weighted by Gasteiger charge is 2.27. The Hall–Kier alpha value is -3.91.